The molecule has 0 fully saturated rings. The van der Waals surface area contributed by atoms with Crippen LogP contribution in [0.25, 0.3) is 22.9 Å². The fraction of sp³-hybridized carbons (Fsp3) is 0.185. The minimum absolute atomic E-state index is 0.513. The van der Waals surface area contributed by atoms with Gasteiger partial charge in [-0.05, 0) is 33.9 Å². The number of benzene rings is 3. The summed E-state index contributed by atoms with van der Waals surface area (Å²) in [5.41, 5.74) is 3.25. The zero-order valence-electron chi connectivity index (χ0n) is 18.0. The molecule has 0 aliphatic carbocycles. The Morgan fingerprint density at radius 1 is 0.806 bits per heavy atom. The van der Waals surface area contributed by atoms with E-state index in [9.17, 15) is 0 Å². The van der Waals surface area contributed by atoms with Crippen LogP contribution < -0.4 is 10.6 Å². The largest absolute Gasteiger partial charge is 0.366 e. The van der Waals surface area contributed by atoms with Gasteiger partial charge in [-0.15, -0.1) is 0 Å². The number of hydrogen-bond donors (Lipinski definition) is 2. The standard InChI is InChI=1S/C27H28N4/c1-20(2)18-29-27-30-24(16-15-21-9-4-3-5-10-21)17-26(31-27)28-19-23-13-8-12-22-11-6-7-14-25(22)23/h3-17,20H,18-19H2,1-2H3,(H2,28,29,30,31)/b16-15+. The van der Waals surface area contributed by atoms with Gasteiger partial charge in [0.05, 0.1) is 5.69 Å². The summed E-state index contributed by atoms with van der Waals surface area (Å²) in [5, 5.41) is 9.35. The van der Waals surface area contributed by atoms with E-state index in [0.29, 0.717) is 18.4 Å². The van der Waals surface area contributed by atoms with Crippen LogP contribution in [0.1, 0.15) is 30.7 Å². The molecule has 1 aromatic heterocycles. The van der Waals surface area contributed by atoms with Gasteiger partial charge in [0.25, 0.3) is 0 Å². The fourth-order valence-electron chi connectivity index (χ4n) is 3.39. The maximum absolute atomic E-state index is 4.69. The van der Waals surface area contributed by atoms with Crippen molar-refractivity contribution in [2.24, 2.45) is 5.92 Å². The molecule has 0 atom stereocenters. The van der Waals surface area contributed by atoms with Gasteiger partial charge in [0, 0.05) is 19.2 Å². The molecule has 31 heavy (non-hydrogen) atoms. The van der Waals surface area contributed by atoms with Gasteiger partial charge in [-0.25, -0.2) is 4.98 Å². The Kier molecular flexibility index (Phi) is 6.58. The highest BCUT2D eigenvalue weighted by molar-refractivity contribution is 5.85. The summed E-state index contributed by atoms with van der Waals surface area (Å²) in [6.45, 7) is 5.87. The van der Waals surface area contributed by atoms with Crippen LogP contribution in [0.4, 0.5) is 11.8 Å². The quantitative estimate of drug-likeness (QED) is 0.350. The van der Waals surface area contributed by atoms with Crippen LogP contribution in [0.15, 0.2) is 78.9 Å². The second-order valence-electron chi connectivity index (χ2n) is 8.01. The number of rotatable bonds is 8. The second-order valence-corrected chi connectivity index (χ2v) is 8.01. The Balaban J connectivity index is 1.57. The number of nitrogens with zero attached hydrogens (tertiary/aromatic N) is 2. The second kappa shape index (κ2) is 9.90. The van der Waals surface area contributed by atoms with Gasteiger partial charge in [0.2, 0.25) is 5.95 Å². The maximum Gasteiger partial charge on any atom is 0.225 e. The molecule has 4 heteroatoms. The predicted molar refractivity (Wildman–Crippen MR) is 132 cm³/mol. The molecular formula is C27H28N4. The molecule has 2 N–H and O–H groups in total. The Morgan fingerprint density at radius 2 is 1.58 bits per heavy atom. The lowest BCUT2D eigenvalue weighted by Gasteiger charge is -2.12. The Labute approximate surface area is 184 Å². The van der Waals surface area contributed by atoms with Crippen molar-refractivity contribution in [1.82, 2.24) is 9.97 Å². The molecule has 4 rings (SSSR count). The molecule has 3 aromatic carbocycles. The van der Waals surface area contributed by atoms with Gasteiger partial charge in [-0.2, -0.15) is 4.98 Å². The summed E-state index contributed by atoms with van der Waals surface area (Å²) in [7, 11) is 0. The van der Waals surface area contributed by atoms with Crippen molar-refractivity contribution in [3.8, 4) is 0 Å². The lowest BCUT2D eigenvalue weighted by Crippen LogP contribution is -2.12. The molecule has 0 aliphatic rings. The summed E-state index contributed by atoms with van der Waals surface area (Å²) in [4.78, 5) is 9.36. The van der Waals surface area contributed by atoms with Gasteiger partial charge in [-0.1, -0.05) is 92.7 Å². The lowest BCUT2D eigenvalue weighted by molar-refractivity contribution is 0.684. The van der Waals surface area contributed by atoms with E-state index in [1.807, 2.05) is 30.3 Å². The van der Waals surface area contributed by atoms with Crippen LogP contribution >= 0.6 is 0 Å². The molecule has 1 heterocycles. The van der Waals surface area contributed by atoms with Crippen LogP contribution in [0.3, 0.4) is 0 Å². The van der Waals surface area contributed by atoms with E-state index in [1.54, 1.807) is 0 Å². The third kappa shape index (κ3) is 5.70. The van der Waals surface area contributed by atoms with Crippen molar-refractivity contribution in [2.75, 3.05) is 17.2 Å². The summed E-state index contributed by atoms with van der Waals surface area (Å²) >= 11 is 0. The summed E-state index contributed by atoms with van der Waals surface area (Å²) in [6.07, 6.45) is 4.10. The monoisotopic (exact) mass is 408 g/mol. The van der Waals surface area contributed by atoms with Gasteiger partial charge < -0.3 is 10.6 Å². The van der Waals surface area contributed by atoms with Crippen LogP contribution in [0.2, 0.25) is 0 Å². The van der Waals surface area contributed by atoms with E-state index < -0.39 is 0 Å². The molecule has 0 spiro atoms. The number of anilines is 2. The highest BCUT2D eigenvalue weighted by Crippen LogP contribution is 2.20. The Morgan fingerprint density at radius 3 is 2.42 bits per heavy atom. The van der Waals surface area contributed by atoms with Crippen molar-refractivity contribution < 1.29 is 0 Å². The van der Waals surface area contributed by atoms with Crippen molar-refractivity contribution in [1.29, 1.82) is 0 Å². The molecule has 0 aliphatic heterocycles. The van der Waals surface area contributed by atoms with Crippen LogP contribution in [-0.2, 0) is 6.54 Å². The average Bonchev–Trinajstić information content (AvgIpc) is 2.81. The molecule has 0 saturated carbocycles. The zero-order chi connectivity index (χ0) is 21.5. The van der Waals surface area contributed by atoms with Crippen LogP contribution in [0.5, 0.6) is 0 Å². The number of hydrogen-bond acceptors (Lipinski definition) is 4. The molecule has 0 amide bonds. The molecule has 0 unspecified atom stereocenters. The smallest absolute Gasteiger partial charge is 0.225 e. The van der Waals surface area contributed by atoms with E-state index in [2.05, 4.69) is 95.1 Å². The minimum atomic E-state index is 0.513. The van der Waals surface area contributed by atoms with Gasteiger partial charge in [0.1, 0.15) is 5.82 Å². The van der Waals surface area contributed by atoms with Crippen molar-refractivity contribution >= 4 is 34.7 Å². The molecular weight excluding hydrogens is 380 g/mol. The molecule has 4 nitrogen and oxygen atoms in total. The number of aromatic nitrogens is 2. The van der Waals surface area contributed by atoms with Gasteiger partial charge >= 0.3 is 0 Å². The topological polar surface area (TPSA) is 49.8 Å². The first-order valence-electron chi connectivity index (χ1n) is 10.7. The first-order chi connectivity index (χ1) is 15.2. The van der Waals surface area contributed by atoms with E-state index >= 15 is 0 Å². The number of nitrogens with one attached hydrogen (secondary N) is 2. The Bertz CT molecular complexity index is 1160. The Hall–Kier alpha value is -3.66. The fourth-order valence-corrected chi connectivity index (χ4v) is 3.39. The van der Waals surface area contributed by atoms with E-state index in [1.165, 1.54) is 16.3 Å². The number of fused-ring (bicyclic) bond motifs is 1. The maximum atomic E-state index is 4.69. The highest BCUT2D eigenvalue weighted by Gasteiger charge is 2.06. The summed E-state index contributed by atoms with van der Waals surface area (Å²) < 4.78 is 0. The molecule has 0 bridgehead atoms. The van der Waals surface area contributed by atoms with Crippen LogP contribution in [-0.4, -0.2) is 16.5 Å². The molecule has 0 saturated heterocycles. The normalized spacial score (nSPS) is 11.3. The SMILES string of the molecule is CC(C)CNc1nc(/C=C/c2ccccc2)cc(NCc2cccc3ccccc23)n1. The third-order valence-corrected chi connectivity index (χ3v) is 5.00. The van der Waals surface area contributed by atoms with E-state index in [0.717, 1.165) is 23.6 Å². The summed E-state index contributed by atoms with van der Waals surface area (Å²) in [6, 6.07) is 27.1. The molecule has 156 valence electrons. The molecule has 4 aromatic rings. The van der Waals surface area contributed by atoms with E-state index in [4.69, 9.17) is 0 Å². The van der Waals surface area contributed by atoms with Crippen molar-refractivity contribution in [3.05, 3.63) is 95.7 Å². The van der Waals surface area contributed by atoms with E-state index in [-0.39, 0.29) is 0 Å². The van der Waals surface area contributed by atoms with Gasteiger partial charge in [-0.3, -0.25) is 0 Å². The van der Waals surface area contributed by atoms with Crippen molar-refractivity contribution in [2.45, 2.75) is 20.4 Å². The first kappa shape index (κ1) is 20.6. The molecule has 0 radical (unpaired) electrons. The third-order valence-electron chi connectivity index (χ3n) is 5.00. The highest BCUT2D eigenvalue weighted by atomic mass is 15.1. The predicted octanol–water partition coefficient (Wildman–Crippen LogP) is 6.48. The summed E-state index contributed by atoms with van der Waals surface area (Å²) in [5.74, 6) is 1.96. The minimum Gasteiger partial charge on any atom is -0.366 e. The zero-order valence-corrected chi connectivity index (χ0v) is 18.0. The van der Waals surface area contributed by atoms with Crippen molar-refractivity contribution in [3.63, 3.8) is 0 Å². The van der Waals surface area contributed by atoms with Gasteiger partial charge in [0.15, 0.2) is 0 Å². The average molecular weight is 409 g/mol. The first-order valence-corrected chi connectivity index (χ1v) is 10.7. The lowest BCUT2D eigenvalue weighted by atomic mass is 10.0. The van der Waals surface area contributed by atoms with Crippen LogP contribution in [0, 0.1) is 5.92 Å².